The average Bonchev–Trinajstić information content (AvgIpc) is 2.67. The molecule has 0 saturated heterocycles. The van der Waals surface area contributed by atoms with Crippen LogP contribution in [0.25, 0.3) is 0 Å². The fourth-order valence-corrected chi connectivity index (χ4v) is 2.52. The summed E-state index contributed by atoms with van der Waals surface area (Å²) in [7, 11) is 0. The first-order chi connectivity index (χ1) is 8.06. The number of hydrogen-bond donors (Lipinski definition) is 1. The first-order valence-electron chi connectivity index (χ1n) is 5.76. The minimum absolute atomic E-state index is 0.0281. The molecule has 1 aromatic rings. The van der Waals surface area contributed by atoms with Crippen LogP contribution in [-0.2, 0) is 0 Å². The van der Waals surface area contributed by atoms with Crippen LogP contribution in [0.15, 0.2) is 18.2 Å². The summed E-state index contributed by atoms with van der Waals surface area (Å²) in [5, 5.41) is 14.3. The van der Waals surface area contributed by atoms with E-state index in [4.69, 9.17) is 11.6 Å². The Morgan fingerprint density at radius 3 is 2.76 bits per heavy atom. The number of nitro benzene ring substituents is 1. The highest BCUT2D eigenvalue weighted by Gasteiger charge is 2.22. The summed E-state index contributed by atoms with van der Waals surface area (Å²) in [6.45, 7) is 2.24. The molecule has 5 heteroatoms. The van der Waals surface area contributed by atoms with Gasteiger partial charge < -0.3 is 5.32 Å². The van der Waals surface area contributed by atoms with Gasteiger partial charge in [0.15, 0.2) is 0 Å². The first kappa shape index (κ1) is 12.2. The Morgan fingerprint density at radius 2 is 2.24 bits per heavy atom. The predicted molar refractivity (Wildman–Crippen MR) is 68.5 cm³/mol. The Morgan fingerprint density at radius 1 is 1.47 bits per heavy atom. The van der Waals surface area contributed by atoms with Gasteiger partial charge in [-0.1, -0.05) is 18.5 Å². The molecule has 1 aliphatic carbocycles. The lowest BCUT2D eigenvalue weighted by Gasteiger charge is -2.14. The van der Waals surface area contributed by atoms with Crippen LogP contribution in [0.2, 0.25) is 5.02 Å². The van der Waals surface area contributed by atoms with Crippen LogP contribution in [0, 0.1) is 16.0 Å². The van der Waals surface area contributed by atoms with Gasteiger partial charge in [0.2, 0.25) is 0 Å². The lowest BCUT2D eigenvalue weighted by Crippen LogP contribution is -2.15. The van der Waals surface area contributed by atoms with Gasteiger partial charge in [0, 0.05) is 18.2 Å². The fraction of sp³-hybridized carbons (Fsp3) is 0.500. The Balaban J connectivity index is 2.09. The van der Waals surface area contributed by atoms with Crippen molar-refractivity contribution >= 4 is 23.0 Å². The molecule has 1 saturated carbocycles. The lowest BCUT2D eigenvalue weighted by atomic mass is 10.1. The summed E-state index contributed by atoms with van der Waals surface area (Å²) in [5.41, 5.74) is 0.816. The van der Waals surface area contributed by atoms with E-state index in [1.54, 1.807) is 6.07 Å². The van der Waals surface area contributed by atoms with Crippen LogP contribution in [0.3, 0.4) is 0 Å². The van der Waals surface area contributed by atoms with Gasteiger partial charge in [-0.25, -0.2) is 0 Å². The third kappa shape index (κ3) is 2.88. The van der Waals surface area contributed by atoms with Gasteiger partial charge in [-0.2, -0.15) is 0 Å². The van der Waals surface area contributed by atoms with Crippen molar-refractivity contribution < 1.29 is 4.92 Å². The molecule has 1 aliphatic rings. The Labute approximate surface area is 105 Å². The molecule has 0 spiro atoms. The molecule has 0 radical (unpaired) electrons. The molecule has 17 heavy (non-hydrogen) atoms. The number of nitrogens with zero attached hydrogens (tertiary/aromatic N) is 1. The molecule has 0 heterocycles. The summed E-state index contributed by atoms with van der Waals surface area (Å²) < 4.78 is 0. The minimum Gasteiger partial charge on any atom is -0.381 e. The molecule has 2 rings (SSSR count). The predicted octanol–water partition coefficient (Wildman–Crippen LogP) is 3.85. The fourth-order valence-electron chi connectivity index (χ4n) is 2.29. The molecule has 1 N–H and O–H groups in total. The highest BCUT2D eigenvalue weighted by molar-refractivity contribution is 6.33. The maximum absolute atomic E-state index is 10.6. The first-order valence-corrected chi connectivity index (χ1v) is 6.14. The molecule has 4 nitrogen and oxygen atoms in total. The minimum atomic E-state index is -0.437. The molecule has 0 amide bonds. The van der Waals surface area contributed by atoms with Crippen LogP contribution in [0.4, 0.5) is 11.4 Å². The third-order valence-corrected chi connectivity index (χ3v) is 3.53. The van der Waals surface area contributed by atoms with Crippen LogP contribution in [-0.4, -0.2) is 11.0 Å². The van der Waals surface area contributed by atoms with E-state index in [9.17, 15) is 10.1 Å². The van der Waals surface area contributed by atoms with Crippen molar-refractivity contribution in [3.8, 4) is 0 Å². The number of hydrogen-bond acceptors (Lipinski definition) is 3. The Bertz CT molecular complexity index is 437. The molecule has 92 valence electrons. The number of anilines is 1. The van der Waals surface area contributed by atoms with Gasteiger partial charge in [0.25, 0.3) is 5.69 Å². The van der Waals surface area contributed by atoms with Gasteiger partial charge in [0.1, 0.15) is 0 Å². The van der Waals surface area contributed by atoms with Crippen molar-refractivity contribution in [3.05, 3.63) is 33.3 Å². The van der Waals surface area contributed by atoms with Crippen molar-refractivity contribution in [1.82, 2.24) is 0 Å². The van der Waals surface area contributed by atoms with Crippen LogP contribution in [0.1, 0.15) is 26.2 Å². The second kappa shape index (κ2) is 4.92. The van der Waals surface area contributed by atoms with Crippen molar-refractivity contribution in [1.29, 1.82) is 0 Å². The monoisotopic (exact) mass is 254 g/mol. The zero-order chi connectivity index (χ0) is 12.4. The Kier molecular flexibility index (Phi) is 3.52. The van der Waals surface area contributed by atoms with Crippen molar-refractivity contribution in [2.45, 2.75) is 32.2 Å². The van der Waals surface area contributed by atoms with Crippen molar-refractivity contribution in [2.75, 3.05) is 5.32 Å². The van der Waals surface area contributed by atoms with Crippen LogP contribution >= 0.6 is 11.6 Å². The van der Waals surface area contributed by atoms with Crippen molar-refractivity contribution in [3.63, 3.8) is 0 Å². The van der Waals surface area contributed by atoms with E-state index in [0.29, 0.717) is 11.1 Å². The van der Waals surface area contributed by atoms with Crippen LogP contribution in [0.5, 0.6) is 0 Å². The molecule has 0 aromatic heterocycles. The maximum atomic E-state index is 10.6. The molecule has 0 aliphatic heterocycles. The van der Waals surface area contributed by atoms with Crippen LogP contribution < -0.4 is 5.32 Å². The highest BCUT2D eigenvalue weighted by atomic mass is 35.5. The van der Waals surface area contributed by atoms with Gasteiger partial charge in [-0.15, -0.1) is 0 Å². The second-order valence-corrected chi connectivity index (χ2v) is 5.09. The van der Waals surface area contributed by atoms with Crippen molar-refractivity contribution in [2.24, 2.45) is 5.92 Å². The van der Waals surface area contributed by atoms with E-state index in [1.807, 2.05) is 0 Å². The van der Waals surface area contributed by atoms with Gasteiger partial charge in [-0.3, -0.25) is 10.1 Å². The molecule has 2 unspecified atom stereocenters. The van der Waals surface area contributed by atoms with E-state index in [1.165, 1.54) is 18.6 Å². The second-order valence-electron chi connectivity index (χ2n) is 4.68. The molecule has 1 aromatic carbocycles. The third-order valence-electron chi connectivity index (χ3n) is 3.22. The largest absolute Gasteiger partial charge is 0.381 e. The molecular formula is C12H15ClN2O2. The quantitative estimate of drug-likeness (QED) is 0.658. The molecule has 0 bridgehead atoms. The number of halogens is 1. The van der Waals surface area contributed by atoms with E-state index >= 15 is 0 Å². The summed E-state index contributed by atoms with van der Waals surface area (Å²) in [5.74, 6) is 0.740. The number of non-ortho nitro benzene ring substituents is 1. The summed E-state index contributed by atoms with van der Waals surface area (Å²) >= 11 is 6.02. The molecule has 2 atom stereocenters. The number of benzene rings is 1. The van der Waals surface area contributed by atoms with E-state index in [-0.39, 0.29) is 5.69 Å². The summed E-state index contributed by atoms with van der Waals surface area (Å²) in [4.78, 5) is 10.1. The number of rotatable bonds is 3. The molecular weight excluding hydrogens is 240 g/mol. The highest BCUT2D eigenvalue weighted by Crippen LogP contribution is 2.31. The van der Waals surface area contributed by atoms with Gasteiger partial charge >= 0.3 is 0 Å². The standard InChI is InChI=1S/C12H15ClN2O2/c1-8-2-3-9(6-8)14-12-5-4-10(15(16)17)7-11(12)13/h4-5,7-9,14H,2-3,6H2,1H3. The zero-order valence-electron chi connectivity index (χ0n) is 9.65. The number of nitro groups is 1. The van der Waals surface area contributed by atoms with E-state index in [0.717, 1.165) is 24.4 Å². The smallest absolute Gasteiger partial charge is 0.271 e. The lowest BCUT2D eigenvalue weighted by molar-refractivity contribution is -0.384. The van der Waals surface area contributed by atoms with E-state index < -0.39 is 4.92 Å². The average molecular weight is 255 g/mol. The summed E-state index contributed by atoms with van der Waals surface area (Å²) in [6, 6.07) is 4.99. The SMILES string of the molecule is CC1CCC(Nc2ccc([N+](=O)[O-])cc2Cl)C1. The normalized spacial score (nSPS) is 23.6. The van der Waals surface area contributed by atoms with E-state index in [2.05, 4.69) is 12.2 Å². The number of nitrogens with one attached hydrogen (secondary N) is 1. The Hall–Kier alpha value is -1.29. The molecule has 1 fully saturated rings. The summed E-state index contributed by atoms with van der Waals surface area (Å²) in [6.07, 6.45) is 3.49. The topological polar surface area (TPSA) is 55.2 Å². The van der Waals surface area contributed by atoms with Gasteiger partial charge in [0.05, 0.1) is 15.6 Å². The zero-order valence-corrected chi connectivity index (χ0v) is 10.4. The maximum Gasteiger partial charge on any atom is 0.271 e. The van der Waals surface area contributed by atoms with Gasteiger partial charge in [-0.05, 0) is 31.2 Å².